The van der Waals surface area contributed by atoms with Gasteiger partial charge < -0.3 is 4.84 Å². The van der Waals surface area contributed by atoms with Gasteiger partial charge in [0.25, 0.3) is 0 Å². The molecule has 3 aromatic rings. The molecule has 1 aromatic heterocycles. The van der Waals surface area contributed by atoms with Crippen molar-refractivity contribution < 1.29 is 4.84 Å². The first-order valence-electron chi connectivity index (χ1n) is 5.60. The number of benzene rings is 2. The van der Waals surface area contributed by atoms with Gasteiger partial charge in [0.1, 0.15) is 7.11 Å². The second-order valence-corrected chi connectivity index (χ2v) is 3.93. The molecule has 0 atom stereocenters. The van der Waals surface area contributed by atoms with Crippen LogP contribution in [0.3, 0.4) is 0 Å². The molecule has 3 rings (SSSR count). The molecule has 0 saturated carbocycles. The fourth-order valence-corrected chi connectivity index (χ4v) is 2.14. The van der Waals surface area contributed by atoms with E-state index < -0.39 is 0 Å². The van der Waals surface area contributed by atoms with E-state index in [1.54, 1.807) is 7.11 Å². The highest BCUT2D eigenvalue weighted by molar-refractivity contribution is 5.86. The summed E-state index contributed by atoms with van der Waals surface area (Å²) in [5, 5.41) is 1.19. The standard InChI is InChI=1S/C15H13NO/c1-17-16-14-10-6-5-9-13(14)11-15(16)12-7-3-2-4-8-12/h2-11H,1H3. The van der Waals surface area contributed by atoms with Gasteiger partial charge in [0, 0.05) is 10.9 Å². The Morgan fingerprint density at radius 3 is 2.35 bits per heavy atom. The van der Waals surface area contributed by atoms with E-state index in [0.29, 0.717) is 0 Å². The Hall–Kier alpha value is -2.22. The summed E-state index contributed by atoms with van der Waals surface area (Å²) in [7, 11) is 1.69. The lowest BCUT2D eigenvalue weighted by atomic mass is 10.1. The van der Waals surface area contributed by atoms with Crippen LogP contribution >= 0.6 is 0 Å². The molecule has 0 aliphatic carbocycles. The summed E-state index contributed by atoms with van der Waals surface area (Å²) in [6.45, 7) is 0. The molecule has 2 aromatic carbocycles. The van der Waals surface area contributed by atoms with Gasteiger partial charge in [0.2, 0.25) is 0 Å². The Labute approximate surface area is 100 Å². The smallest absolute Gasteiger partial charge is 0.104 e. The summed E-state index contributed by atoms with van der Waals surface area (Å²) < 4.78 is 1.87. The van der Waals surface area contributed by atoms with Crippen LogP contribution in [0.15, 0.2) is 60.7 Å². The first-order chi connectivity index (χ1) is 8.40. The van der Waals surface area contributed by atoms with E-state index in [4.69, 9.17) is 4.84 Å². The van der Waals surface area contributed by atoms with Crippen LogP contribution < -0.4 is 4.84 Å². The van der Waals surface area contributed by atoms with Gasteiger partial charge in [-0.1, -0.05) is 48.5 Å². The van der Waals surface area contributed by atoms with Crippen LogP contribution in [0.5, 0.6) is 0 Å². The topological polar surface area (TPSA) is 14.2 Å². The molecule has 2 heteroatoms. The van der Waals surface area contributed by atoms with Gasteiger partial charge in [0.05, 0.1) is 11.2 Å². The molecule has 0 unspecified atom stereocenters. The van der Waals surface area contributed by atoms with Crippen LogP contribution in [0.2, 0.25) is 0 Å². The van der Waals surface area contributed by atoms with E-state index in [1.165, 1.54) is 5.39 Å². The van der Waals surface area contributed by atoms with Crippen molar-refractivity contribution >= 4 is 10.9 Å². The lowest BCUT2D eigenvalue weighted by molar-refractivity contribution is 0.183. The quantitative estimate of drug-likeness (QED) is 0.649. The fraction of sp³-hybridized carbons (Fsp3) is 0.0667. The monoisotopic (exact) mass is 223 g/mol. The molecular formula is C15H13NO. The lowest BCUT2D eigenvalue weighted by Crippen LogP contribution is -2.06. The number of para-hydroxylation sites is 1. The highest BCUT2D eigenvalue weighted by Gasteiger charge is 2.09. The number of rotatable bonds is 2. The summed E-state index contributed by atoms with van der Waals surface area (Å²) in [5.41, 5.74) is 3.33. The molecule has 0 spiro atoms. The first-order valence-corrected chi connectivity index (χ1v) is 5.60. The number of hydrogen-bond acceptors (Lipinski definition) is 1. The van der Waals surface area contributed by atoms with Gasteiger partial charge in [0.15, 0.2) is 0 Å². The lowest BCUT2D eigenvalue weighted by Gasteiger charge is -2.08. The van der Waals surface area contributed by atoms with E-state index in [1.807, 2.05) is 35.1 Å². The van der Waals surface area contributed by atoms with Crippen molar-refractivity contribution in [2.45, 2.75) is 0 Å². The third-order valence-corrected chi connectivity index (χ3v) is 2.92. The molecule has 0 amide bonds. The third-order valence-electron chi connectivity index (χ3n) is 2.92. The first kappa shape index (κ1) is 9.97. The van der Waals surface area contributed by atoms with E-state index in [-0.39, 0.29) is 0 Å². The predicted octanol–water partition coefficient (Wildman–Crippen LogP) is 3.37. The molecule has 1 heterocycles. The SMILES string of the molecule is COn1c(-c2ccccc2)cc2ccccc21. The number of hydrogen-bond donors (Lipinski definition) is 0. The van der Waals surface area contributed by atoms with Gasteiger partial charge in [-0.25, -0.2) is 0 Å². The summed E-state index contributed by atoms with van der Waals surface area (Å²) in [6.07, 6.45) is 0. The number of fused-ring (bicyclic) bond motifs is 1. The Balaban J connectivity index is 2.30. The maximum absolute atomic E-state index is 5.47. The Morgan fingerprint density at radius 1 is 0.882 bits per heavy atom. The van der Waals surface area contributed by atoms with Gasteiger partial charge in [-0.3, -0.25) is 0 Å². The van der Waals surface area contributed by atoms with Crippen LogP contribution in [0.4, 0.5) is 0 Å². The van der Waals surface area contributed by atoms with Crippen LogP contribution in [0.25, 0.3) is 22.2 Å². The Kier molecular flexibility index (Phi) is 2.33. The van der Waals surface area contributed by atoms with Crippen LogP contribution in [-0.2, 0) is 0 Å². The number of nitrogens with zero attached hydrogens (tertiary/aromatic N) is 1. The minimum atomic E-state index is 1.08. The largest absolute Gasteiger partial charge is 0.417 e. The summed E-state index contributed by atoms with van der Waals surface area (Å²) in [4.78, 5) is 5.47. The summed E-state index contributed by atoms with van der Waals surface area (Å²) in [6, 6.07) is 20.6. The molecule has 2 nitrogen and oxygen atoms in total. The maximum atomic E-state index is 5.47. The minimum absolute atomic E-state index is 1.08. The van der Waals surface area contributed by atoms with E-state index in [2.05, 4.69) is 30.3 Å². The molecule has 17 heavy (non-hydrogen) atoms. The van der Waals surface area contributed by atoms with Crippen molar-refractivity contribution in [3.05, 3.63) is 60.7 Å². The van der Waals surface area contributed by atoms with Crippen molar-refractivity contribution in [1.82, 2.24) is 4.73 Å². The van der Waals surface area contributed by atoms with Crippen molar-refractivity contribution in [2.24, 2.45) is 0 Å². The molecule has 84 valence electrons. The Morgan fingerprint density at radius 2 is 1.59 bits per heavy atom. The predicted molar refractivity (Wildman–Crippen MR) is 69.9 cm³/mol. The second kappa shape index (κ2) is 3.98. The van der Waals surface area contributed by atoms with Crippen molar-refractivity contribution in [2.75, 3.05) is 7.11 Å². The van der Waals surface area contributed by atoms with E-state index in [9.17, 15) is 0 Å². The van der Waals surface area contributed by atoms with Gasteiger partial charge in [-0.05, 0) is 12.1 Å². The molecule has 0 saturated heterocycles. The van der Waals surface area contributed by atoms with Crippen LogP contribution in [0, 0.1) is 0 Å². The van der Waals surface area contributed by atoms with E-state index >= 15 is 0 Å². The van der Waals surface area contributed by atoms with E-state index in [0.717, 1.165) is 16.8 Å². The molecule has 0 N–H and O–H groups in total. The zero-order valence-corrected chi connectivity index (χ0v) is 9.63. The second-order valence-electron chi connectivity index (χ2n) is 3.93. The average Bonchev–Trinajstić information content (AvgIpc) is 2.78. The molecule has 0 fully saturated rings. The summed E-state index contributed by atoms with van der Waals surface area (Å²) in [5.74, 6) is 0. The average molecular weight is 223 g/mol. The van der Waals surface area contributed by atoms with Gasteiger partial charge in [-0.15, -0.1) is 0 Å². The highest BCUT2D eigenvalue weighted by Crippen LogP contribution is 2.26. The minimum Gasteiger partial charge on any atom is -0.417 e. The van der Waals surface area contributed by atoms with Crippen molar-refractivity contribution in [1.29, 1.82) is 0 Å². The normalized spacial score (nSPS) is 10.6. The van der Waals surface area contributed by atoms with Crippen LogP contribution in [-0.4, -0.2) is 11.8 Å². The molecule has 0 radical (unpaired) electrons. The van der Waals surface area contributed by atoms with Crippen molar-refractivity contribution in [3.8, 4) is 11.3 Å². The molecule has 0 aliphatic rings. The molecule has 0 bridgehead atoms. The fourth-order valence-electron chi connectivity index (χ4n) is 2.14. The van der Waals surface area contributed by atoms with Gasteiger partial charge >= 0.3 is 0 Å². The van der Waals surface area contributed by atoms with Gasteiger partial charge in [-0.2, -0.15) is 4.73 Å². The zero-order chi connectivity index (χ0) is 11.7. The number of aromatic nitrogens is 1. The molecule has 0 aliphatic heterocycles. The highest BCUT2D eigenvalue weighted by atomic mass is 16.6. The van der Waals surface area contributed by atoms with Crippen molar-refractivity contribution in [3.63, 3.8) is 0 Å². The Bertz CT molecular complexity index is 640. The van der Waals surface area contributed by atoms with Crippen LogP contribution in [0.1, 0.15) is 0 Å². The zero-order valence-electron chi connectivity index (χ0n) is 9.63. The molecular weight excluding hydrogens is 210 g/mol. The third kappa shape index (κ3) is 1.58. The summed E-state index contributed by atoms with van der Waals surface area (Å²) >= 11 is 0. The maximum Gasteiger partial charge on any atom is 0.104 e.